The lowest BCUT2D eigenvalue weighted by Gasteiger charge is -2.10. The molecule has 3 N–H and O–H groups in total. The van der Waals surface area contributed by atoms with Gasteiger partial charge >= 0.3 is 0 Å². The minimum absolute atomic E-state index is 0.0877. The molecule has 0 atom stereocenters. The Morgan fingerprint density at radius 2 is 2.11 bits per heavy atom. The van der Waals surface area contributed by atoms with Gasteiger partial charge in [-0.25, -0.2) is 9.97 Å². The highest BCUT2D eigenvalue weighted by Gasteiger charge is 2.20. The monoisotopic (exact) mass is 342 g/mol. The number of rotatable bonds is 3. The van der Waals surface area contributed by atoms with Crippen LogP contribution in [0, 0.1) is 6.92 Å². The molecule has 2 aromatic rings. The molecule has 0 saturated carbocycles. The van der Waals surface area contributed by atoms with Crippen LogP contribution in [0.1, 0.15) is 5.56 Å². The number of aryl methyl sites for hydroxylation is 1. The van der Waals surface area contributed by atoms with Crippen molar-refractivity contribution in [3.8, 4) is 0 Å². The number of hydrogen-bond donors (Lipinski definition) is 2. The van der Waals surface area contributed by atoms with Gasteiger partial charge in [-0.15, -0.1) is 0 Å². The zero-order valence-electron chi connectivity index (χ0n) is 9.96. The molecule has 2 aromatic heterocycles. The summed E-state index contributed by atoms with van der Waals surface area (Å²) in [5.74, 6) is 0.244. The predicted molar refractivity (Wildman–Crippen MR) is 76.1 cm³/mol. The average molecular weight is 343 g/mol. The first-order valence-electron chi connectivity index (χ1n) is 5.25. The molecule has 0 radical (unpaired) electrons. The van der Waals surface area contributed by atoms with Gasteiger partial charge in [-0.3, -0.25) is 4.72 Å². The third-order valence-electron chi connectivity index (χ3n) is 2.33. The number of anilines is 2. The molecule has 0 unspecified atom stereocenters. The number of nitrogens with zero attached hydrogens (tertiary/aromatic N) is 2. The van der Waals surface area contributed by atoms with Gasteiger partial charge in [-0.05, 0) is 46.6 Å². The summed E-state index contributed by atoms with van der Waals surface area (Å²) in [5, 5.41) is -0.209. The summed E-state index contributed by atoms with van der Waals surface area (Å²) in [4.78, 5) is 7.79. The van der Waals surface area contributed by atoms with E-state index >= 15 is 0 Å². The van der Waals surface area contributed by atoms with Crippen molar-refractivity contribution in [1.29, 1.82) is 0 Å². The zero-order valence-corrected chi connectivity index (χ0v) is 12.4. The van der Waals surface area contributed by atoms with Crippen molar-refractivity contribution in [3.63, 3.8) is 0 Å². The van der Waals surface area contributed by atoms with Gasteiger partial charge in [0, 0.05) is 16.9 Å². The Balaban J connectivity index is 2.40. The zero-order chi connectivity index (χ0) is 14.0. The van der Waals surface area contributed by atoms with E-state index in [4.69, 9.17) is 5.73 Å². The maximum atomic E-state index is 12.2. The van der Waals surface area contributed by atoms with Crippen molar-refractivity contribution in [2.24, 2.45) is 0 Å². The number of nitrogens with two attached hydrogens (primary N) is 1. The van der Waals surface area contributed by atoms with Crippen LogP contribution in [0.2, 0.25) is 0 Å². The molecule has 2 heterocycles. The topological polar surface area (TPSA) is 98.0 Å². The molecule has 0 bridgehead atoms. The number of nitrogen functional groups attached to an aromatic ring is 1. The van der Waals surface area contributed by atoms with Crippen LogP contribution in [-0.4, -0.2) is 18.4 Å². The van der Waals surface area contributed by atoms with E-state index in [2.05, 4.69) is 30.6 Å². The molecule has 8 heteroatoms. The second kappa shape index (κ2) is 5.14. The molecule has 0 aliphatic heterocycles. The fourth-order valence-electron chi connectivity index (χ4n) is 1.45. The lowest BCUT2D eigenvalue weighted by atomic mass is 10.3. The van der Waals surface area contributed by atoms with E-state index in [-0.39, 0.29) is 16.5 Å². The van der Waals surface area contributed by atoms with E-state index in [0.29, 0.717) is 5.56 Å². The van der Waals surface area contributed by atoms with Gasteiger partial charge in [0.15, 0.2) is 5.03 Å². The smallest absolute Gasteiger partial charge is 0.282 e. The van der Waals surface area contributed by atoms with Crippen molar-refractivity contribution in [1.82, 2.24) is 9.97 Å². The van der Waals surface area contributed by atoms with Crippen LogP contribution in [0.4, 0.5) is 11.5 Å². The van der Waals surface area contributed by atoms with E-state index < -0.39 is 10.0 Å². The quantitative estimate of drug-likeness (QED) is 0.887. The van der Waals surface area contributed by atoms with Crippen LogP contribution < -0.4 is 10.5 Å². The summed E-state index contributed by atoms with van der Waals surface area (Å²) in [6.45, 7) is 1.75. The molecule has 0 saturated heterocycles. The maximum absolute atomic E-state index is 12.2. The number of hydrogen-bond acceptors (Lipinski definition) is 5. The Hall–Kier alpha value is -1.67. The minimum Gasteiger partial charge on any atom is -0.396 e. The van der Waals surface area contributed by atoms with Gasteiger partial charge in [0.2, 0.25) is 0 Å². The molecule has 0 aliphatic rings. The lowest BCUT2D eigenvalue weighted by Crippen LogP contribution is -2.17. The van der Waals surface area contributed by atoms with Gasteiger partial charge in [0.05, 0.1) is 5.69 Å². The summed E-state index contributed by atoms with van der Waals surface area (Å²) in [5.41, 5.74) is 6.39. The SMILES string of the molecule is Cc1cc(Br)cnc1NS(=O)(=O)c1ncccc1N. The van der Waals surface area contributed by atoms with Gasteiger partial charge in [0.25, 0.3) is 10.0 Å². The second-order valence-electron chi connectivity index (χ2n) is 3.82. The minimum atomic E-state index is -3.84. The normalized spacial score (nSPS) is 11.3. The molecule has 19 heavy (non-hydrogen) atoms. The highest BCUT2D eigenvalue weighted by atomic mass is 79.9. The van der Waals surface area contributed by atoms with Crippen molar-refractivity contribution in [2.75, 3.05) is 10.5 Å². The Morgan fingerprint density at radius 1 is 1.37 bits per heavy atom. The summed E-state index contributed by atoms with van der Waals surface area (Å²) < 4.78 is 27.4. The molecule has 2 rings (SSSR count). The Morgan fingerprint density at radius 3 is 2.74 bits per heavy atom. The van der Waals surface area contributed by atoms with Gasteiger partial charge < -0.3 is 5.73 Å². The average Bonchev–Trinajstić information content (AvgIpc) is 2.33. The number of nitrogens with one attached hydrogen (secondary N) is 1. The first-order chi connectivity index (χ1) is 8.90. The second-order valence-corrected chi connectivity index (χ2v) is 6.34. The van der Waals surface area contributed by atoms with Crippen molar-refractivity contribution < 1.29 is 8.42 Å². The predicted octanol–water partition coefficient (Wildman–Crippen LogP) is 1.93. The van der Waals surface area contributed by atoms with Gasteiger partial charge in [-0.2, -0.15) is 8.42 Å². The lowest BCUT2D eigenvalue weighted by molar-refractivity contribution is 0.598. The number of halogens is 1. The van der Waals surface area contributed by atoms with Gasteiger partial charge in [0.1, 0.15) is 5.82 Å². The third kappa shape index (κ3) is 3.02. The molecular formula is C11H11BrN4O2S. The molecule has 6 nitrogen and oxygen atoms in total. The molecule has 100 valence electrons. The molecule has 0 aromatic carbocycles. The van der Waals surface area contributed by atoms with E-state index in [1.165, 1.54) is 18.5 Å². The summed E-state index contributed by atoms with van der Waals surface area (Å²) in [6.07, 6.45) is 2.87. The van der Waals surface area contributed by atoms with Crippen molar-refractivity contribution >= 4 is 37.5 Å². The van der Waals surface area contributed by atoms with Crippen LogP contribution in [0.5, 0.6) is 0 Å². The van der Waals surface area contributed by atoms with Crippen LogP contribution in [0.15, 0.2) is 40.1 Å². The number of aromatic nitrogens is 2. The highest BCUT2D eigenvalue weighted by Crippen LogP contribution is 2.21. The molecule has 0 amide bonds. The fourth-order valence-corrected chi connectivity index (χ4v) is 3.04. The summed E-state index contributed by atoms with van der Waals surface area (Å²) in [7, 11) is -3.84. The Kier molecular flexibility index (Phi) is 3.72. The molecular weight excluding hydrogens is 332 g/mol. The van der Waals surface area contributed by atoms with Crippen molar-refractivity contribution in [3.05, 3.63) is 40.6 Å². The molecule has 0 aliphatic carbocycles. The van der Waals surface area contributed by atoms with E-state index in [0.717, 1.165) is 4.47 Å². The third-order valence-corrected chi connectivity index (χ3v) is 4.08. The Bertz CT molecular complexity index is 718. The standard InChI is InChI=1S/C11H11BrN4O2S/c1-7-5-8(12)6-15-10(7)16-19(17,18)11-9(13)3-2-4-14-11/h2-6H,13H2,1H3,(H,15,16). The van der Waals surface area contributed by atoms with E-state index in [1.54, 1.807) is 19.1 Å². The molecule has 0 fully saturated rings. The Labute approximate surface area is 119 Å². The highest BCUT2D eigenvalue weighted by molar-refractivity contribution is 9.10. The number of pyridine rings is 2. The maximum Gasteiger partial charge on any atom is 0.282 e. The van der Waals surface area contributed by atoms with Crippen molar-refractivity contribution in [2.45, 2.75) is 11.9 Å². The first kappa shape index (κ1) is 13.8. The van der Waals surface area contributed by atoms with Crippen LogP contribution in [0.3, 0.4) is 0 Å². The largest absolute Gasteiger partial charge is 0.396 e. The van der Waals surface area contributed by atoms with E-state index in [1.807, 2.05) is 0 Å². The first-order valence-corrected chi connectivity index (χ1v) is 7.53. The summed E-state index contributed by atoms with van der Waals surface area (Å²) >= 11 is 3.26. The fraction of sp³-hybridized carbons (Fsp3) is 0.0909. The van der Waals surface area contributed by atoms with Crippen LogP contribution in [-0.2, 0) is 10.0 Å². The van der Waals surface area contributed by atoms with E-state index in [9.17, 15) is 8.42 Å². The number of sulfonamides is 1. The van der Waals surface area contributed by atoms with Crippen LogP contribution in [0.25, 0.3) is 0 Å². The molecule has 0 spiro atoms. The van der Waals surface area contributed by atoms with Crippen LogP contribution >= 0.6 is 15.9 Å². The van der Waals surface area contributed by atoms with Gasteiger partial charge in [-0.1, -0.05) is 0 Å². The summed E-state index contributed by atoms with van der Waals surface area (Å²) in [6, 6.07) is 4.80.